The summed E-state index contributed by atoms with van der Waals surface area (Å²) in [6.45, 7) is 1.94. The highest BCUT2D eigenvalue weighted by atomic mass is 19.1. The minimum atomic E-state index is -0.455. The number of hydrogen-bond acceptors (Lipinski definition) is 4. The van der Waals surface area contributed by atoms with Gasteiger partial charge in [0.15, 0.2) is 0 Å². The number of rotatable bonds is 5. The van der Waals surface area contributed by atoms with Crippen molar-refractivity contribution in [2.75, 3.05) is 5.43 Å². The van der Waals surface area contributed by atoms with Crippen molar-refractivity contribution in [3.63, 3.8) is 0 Å². The molecule has 1 N–H and O–H groups in total. The minimum Gasteiger partial charge on any atom is -0.278 e. The molecule has 2 aromatic carbocycles. The number of nitrogens with one attached hydrogen (secondary N) is 1. The summed E-state index contributed by atoms with van der Waals surface area (Å²) in [5.41, 5.74) is 5.12. The van der Waals surface area contributed by atoms with E-state index in [9.17, 15) is 14.5 Å². The smallest absolute Gasteiger partial charge is 0.269 e. The van der Waals surface area contributed by atoms with E-state index in [2.05, 4.69) is 10.5 Å². The summed E-state index contributed by atoms with van der Waals surface area (Å²) in [5.74, 6) is -0.294. The summed E-state index contributed by atoms with van der Waals surface area (Å²) in [6, 6.07) is 12.1. The zero-order valence-electron chi connectivity index (χ0n) is 11.4. The van der Waals surface area contributed by atoms with Crippen molar-refractivity contribution < 1.29 is 9.31 Å². The molecule has 0 aliphatic heterocycles. The van der Waals surface area contributed by atoms with Crippen LogP contribution in [-0.4, -0.2) is 10.6 Å². The lowest BCUT2D eigenvalue weighted by Crippen LogP contribution is -2.03. The molecule has 6 heteroatoms. The number of hydrogen-bond donors (Lipinski definition) is 1. The molecule has 0 atom stereocenters. The molecule has 0 aromatic heterocycles. The van der Waals surface area contributed by atoms with Crippen LogP contribution in [0.2, 0.25) is 0 Å². The number of halogens is 1. The molecular weight excluding hydrogens is 273 g/mol. The Morgan fingerprint density at radius 1 is 1.19 bits per heavy atom. The van der Waals surface area contributed by atoms with Gasteiger partial charge >= 0.3 is 0 Å². The average molecular weight is 287 g/mol. The van der Waals surface area contributed by atoms with Crippen molar-refractivity contribution in [2.45, 2.75) is 13.3 Å². The van der Waals surface area contributed by atoms with Crippen molar-refractivity contribution in [3.8, 4) is 0 Å². The largest absolute Gasteiger partial charge is 0.278 e. The van der Waals surface area contributed by atoms with Gasteiger partial charge in [-0.15, -0.1) is 0 Å². The molecule has 0 saturated carbocycles. The highest BCUT2D eigenvalue weighted by molar-refractivity contribution is 6.00. The van der Waals surface area contributed by atoms with E-state index in [1.165, 1.54) is 24.3 Å². The van der Waals surface area contributed by atoms with Crippen LogP contribution in [0.5, 0.6) is 0 Å². The van der Waals surface area contributed by atoms with Crippen LogP contribution in [0, 0.1) is 15.9 Å². The lowest BCUT2D eigenvalue weighted by atomic mass is 10.1. The first-order chi connectivity index (χ1) is 10.1. The van der Waals surface area contributed by atoms with E-state index in [0.29, 0.717) is 12.1 Å². The van der Waals surface area contributed by atoms with Gasteiger partial charge in [0, 0.05) is 12.1 Å². The first kappa shape index (κ1) is 14.6. The van der Waals surface area contributed by atoms with Gasteiger partial charge in [-0.25, -0.2) is 4.39 Å². The first-order valence-electron chi connectivity index (χ1n) is 6.43. The summed E-state index contributed by atoms with van der Waals surface area (Å²) in [6.07, 6.45) is 0.672. The lowest BCUT2D eigenvalue weighted by molar-refractivity contribution is -0.384. The summed E-state index contributed by atoms with van der Waals surface area (Å²) in [4.78, 5) is 10.1. The Bertz CT molecular complexity index is 652. The van der Waals surface area contributed by atoms with Crippen molar-refractivity contribution in [3.05, 3.63) is 70.0 Å². The summed E-state index contributed by atoms with van der Waals surface area (Å²) < 4.78 is 12.9. The van der Waals surface area contributed by atoms with Gasteiger partial charge < -0.3 is 0 Å². The number of anilines is 1. The fraction of sp³-hybridized carbons (Fsp3) is 0.133. The predicted octanol–water partition coefficient (Wildman–Crippen LogP) is 3.96. The molecule has 0 aliphatic carbocycles. The Balaban J connectivity index is 2.13. The third kappa shape index (κ3) is 3.85. The van der Waals surface area contributed by atoms with Gasteiger partial charge in [-0.2, -0.15) is 5.10 Å². The highest BCUT2D eigenvalue weighted by Gasteiger charge is 2.04. The third-order valence-electron chi connectivity index (χ3n) is 2.91. The molecule has 0 heterocycles. The molecule has 0 saturated heterocycles. The Hall–Kier alpha value is -2.76. The van der Waals surface area contributed by atoms with E-state index < -0.39 is 4.92 Å². The number of nitro groups is 1. The fourth-order valence-electron chi connectivity index (χ4n) is 1.78. The molecule has 0 fully saturated rings. The van der Waals surface area contributed by atoms with Crippen LogP contribution in [0.25, 0.3) is 0 Å². The molecular formula is C15H14FN3O2. The van der Waals surface area contributed by atoms with Crippen LogP contribution >= 0.6 is 0 Å². The summed E-state index contributed by atoms with van der Waals surface area (Å²) in [5, 5.41) is 14.8. The van der Waals surface area contributed by atoms with Crippen LogP contribution in [0.15, 0.2) is 53.6 Å². The molecule has 0 bridgehead atoms. The van der Waals surface area contributed by atoms with E-state index in [0.717, 1.165) is 11.3 Å². The maximum atomic E-state index is 12.9. The van der Waals surface area contributed by atoms with Crippen LogP contribution in [-0.2, 0) is 0 Å². The lowest BCUT2D eigenvalue weighted by Gasteiger charge is -2.06. The molecule has 2 aromatic rings. The second-order valence-electron chi connectivity index (χ2n) is 4.33. The predicted molar refractivity (Wildman–Crippen MR) is 79.9 cm³/mol. The van der Waals surface area contributed by atoms with Crippen LogP contribution < -0.4 is 5.43 Å². The Morgan fingerprint density at radius 2 is 1.81 bits per heavy atom. The average Bonchev–Trinajstić information content (AvgIpc) is 2.50. The molecule has 0 spiro atoms. The molecule has 0 aliphatic rings. The Kier molecular flexibility index (Phi) is 4.61. The number of nitro benzene ring substituents is 1. The zero-order valence-corrected chi connectivity index (χ0v) is 11.4. The fourth-order valence-corrected chi connectivity index (χ4v) is 1.78. The topological polar surface area (TPSA) is 67.5 Å². The van der Waals surface area contributed by atoms with Gasteiger partial charge in [-0.3, -0.25) is 15.5 Å². The van der Waals surface area contributed by atoms with Gasteiger partial charge in [-0.1, -0.05) is 19.1 Å². The van der Waals surface area contributed by atoms with Crippen molar-refractivity contribution in [1.29, 1.82) is 0 Å². The van der Waals surface area contributed by atoms with Gasteiger partial charge in [0.1, 0.15) is 5.82 Å². The molecule has 0 unspecified atom stereocenters. The second kappa shape index (κ2) is 6.60. The van der Waals surface area contributed by atoms with Gasteiger partial charge in [-0.05, 0) is 36.2 Å². The van der Waals surface area contributed by atoms with E-state index in [1.54, 1.807) is 24.3 Å². The minimum absolute atomic E-state index is 0.0266. The summed E-state index contributed by atoms with van der Waals surface area (Å²) in [7, 11) is 0. The molecule has 108 valence electrons. The number of nitrogens with zero attached hydrogens (tertiary/aromatic N) is 2. The molecule has 0 amide bonds. The Labute approximate surface area is 121 Å². The SMILES string of the molecule is CC/C(=N\Nc1ccc([N+](=O)[O-])cc1)c1ccc(F)cc1. The zero-order chi connectivity index (χ0) is 15.2. The third-order valence-corrected chi connectivity index (χ3v) is 2.91. The number of non-ortho nitro benzene ring substituents is 1. The second-order valence-corrected chi connectivity index (χ2v) is 4.33. The van der Waals surface area contributed by atoms with E-state index in [1.807, 2.05) is 6.92 Å². The van der Waals surface area contributed by atoms with Crippen molar-refractivity contribution >= 4 is 17.1 Å². The van der Waals surface area contributed by atoms with E-state index in [4.69, 9.17) is 0 Å². The van der Waals surface area contributed by atoms with Crippen molar-refractivity contribution in [1.82, 2.24) is 0 Å². The van der Waals surface area contributed by atoms with Crippen LogP contribution in [0.1, 0.15) is 18.9 Å². The van der Waals surface area contributed by atoms with Gasteiger partial charge in [0.05, 0.1) is 16.3 Å². The highest BCUT2D eigenvalue weighted by Crippen LogP contribution is 2.16. The van der Waals surface area contributed by atoms with Crippen molar-refractivity contribution in [2.24, 2.45) is 5.10 Å². The molecule has 5 nitrogen and oxygen atoms in total. The maximum Gasteiger partial charge on any atom is 0.269 e. The molecule has 0 radical (unpaired) electrons. The Morgan fingerprint density at radius 3 is 2.33 bits per heavy atom. The van der Waals surface area contributed by atoms with Gasteiger partial charge in [0.2, 0.25) is 0 Å². The number of benzene rings is 2. The molecule has 2 rings (SSSR count). The monoisotopic (exact) mass is 287 g/mol. The standard InChI is InChI=1S/C15H14FN3O2/c1-2-15(11-3-5-12(16)6-4-11)18-17-13-7-9-14(10-8-13)19(20)21/h3-10,17H,2H2,1H3/b18-15+. The first-order valence-corrected chi connectivity index (χ1v) is 6.43. The van der Waals surface area contributed by atoms with Gasteiger partial charge in [0.25, 0.3) is 5.69 Å². The van der Waals surface area contributed by atoms with E-state index >= 15 is 0 Å². The van der Waals surface area contributed by atoms with Crippen LogP contribution in [0.3, 0.4) is 0 Å². The maximum absolute atomic E-state index is 12.9. The van der Waals surface area contributed by atoms with E-state index in [-0.39, 0.29) is 11.5 Å². The molecule has 21 heavy (non-hydrogen) atoms. The van der Waals surface area contributed by atoms with Crippen LogP contribution in [0.4, 0.5) is 15.8 Å². The summed E-state index contributed by atoms with van der Waals surface area (Å²) >= 11 is 0. The quantitative estimate of drug-likeness (QED) is 0.514. The normalized spacial score (nSPS) is 11.2. The number of hydrazone groups is 1.